The summed E-state index contributed by atoms with van der Waals surface area (Å²) >= 11 is 0. The Morgan fingerprint density at radius 3 is 2.17 bits per heavy atom. The first-order chi connectivity index (χ1) is 13.4. The van der Waals surface area contributed by atoms with Crippen molar-refractivity contribution in [2.45, 2.75) is 52.7 Å². The van der Waals surface area contributed by atoms with Crippen LogP contribution in [0.1, 0.15) is 52.7 Å². The van der Waals surface area contributed by atoms with Crippen LogP contribution in [0.2, 0.25) is 0 Å². The van der Waals surface area contributed by atoms with E-state index in [9.17, 15) is 19.8 Å². The summed E-state index contributed by atoms with van der Waals surface area (Å²) in [6.07, 6.45) is -0.339. The average Bonchev–Trinajstić information content (AvgIpc) is 2.67. The predicted molar refractivity (Wildman–Crippen MR) is 108 cm³/mol. The van der Waals surface area contributed by atoms with Gasteiger partial charge in [-0.2, -0.15) is 0 Å². The molecule has 2 N–H and O–H groups in total. The second-order valence-corrected chi connectivity index (χ2v) is 9.32. The van der Waals surface area contributed by atoms with E-state index in [-0.39, 0.29) is 17.1 Å². The van der Waals surface area contributed by atoms with Crippen LogP contribution in [0.3, 0.4) is 0 Å². The number of rotatable bonds is 3. The quantitative estimate of drug-likeness (QED) is 0.751. The molecule has 0 spiro atoms. The van der Waals surface area contributed by atoms with Gasteiger partial charge in [0.15, 0.2) is 11.6 Å². The van der Waals surface area contributed by atoms with E-state index in [1.807, 2.05) is 12.1 Å². The lowest BCUT2D eigenvalue weighted by Gasteiger charge is -2.48. The zero-order chi connectivity index (χ0) is 21.8. The standard InChI is InChI=1S/C23H30O6/c1-21(2)18(24)15(19(25)22(3,4)20(21)26)16-17(29-12-11-23(16,5)27)13-7-9-14(28-6)10-8-13/h7-10,16-17,24,27H,11-12H2,1-6H3/t16-,17+,23-/m0/s1. The van der Waals surface area contributed by atoms with E-state index in [0.717, 1.165) is 5.56 Å². The van der Waals surface area contributed by atoms with Crippen LogP contribution in [0.25, 0.3) is 0 Å². The molecule has 0 amide bonds. The van der Waals surface area contributed by atoms with Crippen molar-refractivity contribution in [2.75, 3.05) is 13.7 Å². The Kier molecular flexibility index (Phi) is 5.16. The van der Waals surface area contributed by atoms with Gasteiger partial charge in [-0.05, 0) is 58.7 Å². The molecule has 3 rings (SSSR count). The minimum atomic E-state index is -1.30. The van der Waals surface area contributed by atoms with Crippen molar-refractivity contribution in [3.05, 3.63) is 41.2 Å². The van der Waals surface area contributed by atoms with Gasteiger partial charge < -0.3 is 19.7 Å². The molecule has 158 valence electrons. The summed E-state index contributed by atoms with van der Waals surface area (Å²) in [6, 6.07) is 7.22. The third-order valence-electron chi connectivity index (χ3n) is 6.43. The van der Waals surface area contributed by atoms with Crippen molar-refractivity contribution in [1.29, 1.82) is 0 Å². The highest BCUT2D eigenvalue weighted by Gasteiger charge is 2.58. The SMILES string of the molecule is COc1ccc([C@H]2OCC[C@](C)(O)[C@H]2C2=C(O)C(C)(C)C(=O)C(C)(C)C2=O)cc1. The fraction of sp³-hybridized carbons (Fsp3) is 0.565. The van der Waals surface area contributed by atoms with Crippen LogP contribution in [-0.4, -0.2) is 41.1 Å². The Morgan fingerprint density at radius 2 is 1.62 bits per heavy atom. The number of carbonyl (C=O) groups is 2. The number of aliphatic hydroxyl groups is 2. The van der Waals surface area contributed by atoms with Gasteiger partial charge in [-0.25, -0.2) is 0 Å². The third-order valence-corrected chi connectivity index (χ3v) is 6.43. The topological polar surface area (TPSA) is 93.1 Å². The van der Waals surface area contributed by atoms with E-state index >= 15 is 0 Å². The summed E-state index contributed by atoms with van der Waals surface area (Å²) in [5.41, 5.74) is -2.98. The van der Waals surface area contributed by atoms with Gasteiger partial charge in [-0.3, -0.25) is 9.59 Å². The van der Waals surface area contributed by atoms with Gasteiger partial charge >= 0.3 is 0 Å². The minimum absolute atomic E-state index is 0.0881. The van der Waals surface area contributed by atoms with Gasteiger partial charge in [0.2, 0.25) is 0 Å². The first-order valence-corrected chi connectivity index (χ1v) is 9.87. The van der Waals surface area contributed by atoms with Crippen molar-refractivity contribution >= 4 is 11.6 Å². The molecule has 1 aliphatic carbocycles. The number of hydrogen-bond acceptors (Lipinski definition) is 6. The lowest BCUT2D eigenvalue weighted by molar-refractivity contribution is -0.154. The third kappa shape index (κ3) is 3.28. The van der Waals surface area contributed by atoms with Crippen LogP contribution in [0.5, 0.6) is 5.75 Å². The Labute approximate surface area is 171 Å². The lowest BCUT2D eigenvalue weighted by atomic mass is 9.58. The molecule has 1 aliphatic heterocycles. The molecule has 1 saturated heterocycles. The summed E-state index contributed by atoms with van der Waals surface area (Å²) in [5.74, 6) is -1.22. The average molecular weight is 402 g/mol. The number of allylic oxidation sites excluding steroid dienone is 1. The number of hydrogen-bond donors (Lipinski definition) is 2. The number of methoxy groups -OCH3 is 1. The van der Waals surface area contributed by atoms with Crippen LogP contribution in [0.4, 0.5) is 0 Å². The minimum Gasteiger partial charge on any atom is -0.511 e. The Hall–Kier alpha value is -2.18. The normalized spacial score (nSPS) is 31.7. The summed E-state index contributed by atoms with van der Waals surface area (Å²) in [4.78, 5) is 26.3. The maximum atomic E-state index is 13.4. The van der Waals surface area contributed by atoms with Gasteiger partial charge in [0, 0.05) is 11.5 Å². The fourth-order valence-corrected chi connectivity index (χ4v) is 4.58. The van der Waals surface area contributed by atoms with Crippen LogP contribution in [-0.2, 0) is 14.3 Å². The van der Waals surface area contributed by atoms with Gasteiger partial charge in [-0.15, -0.1) is 0 Å². The molecule has 3 atom stereocenters. The maximum Gasteiger partial charge on any atom is 0.175 e. The van der Waals surface area contributed by atoms with Crippen LogP contribution in [0, 0.1) is 16.7 Å². The van der Waals surface area contributed by atoms with Gasteiger partial charge in [-0.1, -0.05) is 12.1 Å². The van der Waals surface area contributed by atoms with Crippen molar-refractivity contribution in [3.8, 4) is 5.75 Å². The van der Waals surface area contributed by atoms with E-state index in [4.69, 9.17) is 9.47 Å². The molecular formula is C23H30O6. The molecule has 6 heteroatoms. The Bertz CT molecular complexity index is 860. The molecule has 0 unspecified atom stereocenters. The smallest absolute Gasteiger partial charge is 0.175 e. The second kappa shape index (κ2) is 6.96. The second-order valence-electron chi connectivity index (χ2n) is 9.32. The van der Waals surface area contributed by atoms with Crippen LogP contribution < -0.4 is 4.74 Å². The van der Waals surface area contributed by atoms with E-state index < -0.39 is 34.2 Å². The first kappa shape index (κ1) is 21.5. The predicted octanol–water partition coefficient (Wildman–Crippen LogP) is 3.54. The maximum absolute atomic E-state index is 13.4. The summed E-state index contributed by atoms with van der Waals surface area (Å²) in [5, 5.41) is 22.3. The van der Waals surface area contributed by atoms with E-state index in [1.54, 1.807) is 53.9 Å². The number of ketones is 2. The Balaban J connectivity index is 2.20. The zero-order valence-electron chi connectivity index (χ0n) is 17.9. The van der Waals surface area contributed by atoms with Gasteiger partial charge in [0.1, 0.15) is 11.5 Å². The van der Waals surface area contributed by atoms with Crippen molar-refractivity contribution in [2.24, 2.45) is 16.7 Å². The molecule has 1 fully saturated rings. The van der Waals surface area contributed by atoms with Crippen LogP contribution >= 0.6 is 0 Å². The molecule has 1 aromatic rings. The van der Waals surface area contributed by atoms with Crippen molar-refractivity contribution in [1.82, 2.24) is 0 Å². The monoisotopic (exact) mass is 402 g/mol. The molecule has 0 radical (unpaired) electrons. The summed E-state index contributed by atoms with van der Waals surface area (Å²) < 4.78 is 11.2. The van der Waals surface area contributed by atoms with E-state index in [0.29, 0.717) is 18.8 Å². The molecule has 6 nitrogen and oxygen atoms in total. The highest BCUT2D eigenvalue weighted by Crippen LogP contribution is 2.52. The lowest BCUT2D eigenvalue weighted by Crippen LogP contribution is -2.54. The van der Waals surface area contributed by atoms with Gasteiger partial charge in [0.25, 0.3) is 0 Å². The zero-order valence-corrected chi connectivity index (χ0v) is 17.9. The van der Waals surface area contributed by atoms with Crippen molar-refractivity contribution in [3.63, 3.8) is 0 Å². The number of benzene rings is 1. The number of aliphatic hydroxyl groups excluding tert-OH is 1. The molecule has 0 bridgehead atoms. The fourth-order valence-electron chi connectivity index (χ4n) is 4.58. The van der Waals surface area contributed by atoms with Crippen LogP contribution in [0.15, 0.2) is 35.6 Å². The highest BCUT2D eigenvalue weighted by atomic mass is 16.5. The molecule has 0 saturated carbocycles. The summed E-state index contributed by atoms with van der Waals surface area (Å²) in [7, 11) is 1.57. The summed E-state index contributed by atoms with van der Waals surface area (Å²) in [6.45, 7) is 8.34. The molecule has 1 aromatic carbocycles. The number of Topliss-reactive ketones (excluding diaryl/α,β-unsaturated/α-hetero) is 2. The highest BCUT2D eigenvalue weighted by molar-refractivity contribution is 6.19. The van der Waals surface area contributed by atoms with E-state index in [1.165, 1.54) is 0 Å². The largest absolute Gasteiger partial charge is 0.511 e. The van der Waals surface area contributed by atoms with E-state index in [2.05, 4.69) is 0 Å². The molecular weight excluding hydrogens is 372 g/mol. The molecule has 2 aliphatic rings. The Morgan fingerprint density at radius 1 is 1.03 bits per heavy atom. The van der Waals surface area contributed by atoms with Crippen molar-refractivity contribution < 1.29 is 29.3 Å². The number of ether oxygens (including phenoxy) is 2. The molecule has 1 heterocycles. The number of carbonyl (C=O) groups excluding carboxylic acids is 2. The first-order valence-electron chi connectivity index (χ1n) is 9.87. The molecule has 29 heavy (non-hydrogen) atoms. The van der Waals surface area contributed by atoms with Gasteiger partial charge in [0.05, 0.1) is 36.3 Å². The molecule has 0 aromatic heterocycles.